The Morgan fingerprint density at radius 2 is 2.33 bits per heavy atom. The average molecular weight is 271 g/mol. The molecule has 3 heterocycles. The van der Waals surface area contributed by atoms with Crippen LogP contribution in [0.25, 0.3) is 0 Å². The molecule has 1 spiro atoms. The number of thioether (sulfide) groups is 1. The molecule has 3 atom stereocenters. The zero-order valence-electron chi connectivity index (χ0n) is 10.7. The molecular formula is C13H21NO3S. The van der Waals surface area contributed by atoms with Crippen LogP contribution in [0.2, 0.25) is 0 Å². The van der Waals surface area contributed by atoms with Crippen LogP contribution in [-0.4, -0.2) is 55.3 Å². The van der Waals surface area contributed by atoms with Gasteiger partial charge in [-0.3, -0.25) is 4.79 Å². The van der Waals surface area contributed by atoms with E-state index >= 15 is 0 Å². The van der Waals surface area contributed by atoms with Crippen LogP contribution >= 0.6 is 11.8 Å². The lowest BCUT2D eigenvalue weighted by Gasteiger charge is -2.38. The van der Waals surface area contributed by atoms with Crippen molar-refractivity contribution >= 4 is 17.5 Å². The minimum atomic E-state index is -0.0899. The standard InChI is InChI=1S/C13H21NO3S/c15-12(11-8-16-5-3-14-11)10-1-4-17-13(7-10)2-6-18-9-13/h10-11,14H,1-9H2. The summed E-state index contributed by atoms with van der Waals surface area (Å²) < 4.78 is 11.4. The number of morpholine rings is 1. The fourth-order valence-electron chi connectivity index (χ4n) is 3.17. The monoisotopic (exact) mass is 271 g/mol. The normalized spacial score (nSPS) is 41.1. The Morgan fingerprint density at radius 1 is 1.39 bits per heavy atom. The first-order valence-corrected chi connectivity index (χ1v) is 8.01. The first-order valence-electron chi connectivity index (χ1n) is 6.86. The smallest absolute Gasteiger partial charge is 0.155 e. The fraction of sp³-hybridized carbons (Fsp3) is 0.923. The van der Waals surface area contributed by atoms with Crippen LogP contribution in [0.5, 0.6) is 0 Å². The van der Waals surface area contributed by atoms with E-state index in [-0.39, 0.29) is 17.6 Å². The van der Waals surface area contributed by atoms with E-state index < -0.39 is 0 Å². The zero-order chi connectivity index (χ0) is 12.4. The predicted molar refractivity (Wildman–Crippen MR) is 71.0 cm³/mol. The highest BCUT2D eigenvalue weighted by molar-refractivity contribution is 7.99. The molecule has 0 radical (unpaired) electrons. The van der Waals surface area contributed by atoms with Gasteiger partial charge in [0.1, 0.15) is 0 Å². The minimum Gasteiger partial charge on any atom is -0.378 e. The SMILES string of the molecule is O=C(C1CCOC2(CCSC2)C1)C1COCCN1. The first kappa shape index (κ1) is 12.9. The van der Waals surface area contributed by atoms with E-state index in [1.165, 1.54) is 5.75 Å². The average Bonchev–Trinajstić information content (AvgIpc) is 2.87. The number of carbonyl (C=O) groups excluding carboxylic acids is 1. The van der Waals surface area contributed by atoms with E-state index in [1.807, 2.05) is 11.8 Å². The molecule has 4 nitrogen and oxygen atoms in total. The highest BCUT2D eigenvalue weighted by Gasteiger charge is 2.43. The molecule has 3 unspecified atom stereocenters. The van der Waals surface area contributed by atoms with E-state index in [4.69, 9.17) is 9.47 Å². The lowest BCUT2D eigenvalue weighted by molar-refractivity contribution is -0.138. The third-order valence-electron chi connectivity index (χ3n) is 4.23. The molecule has 3 saturated heterocycles. The van der Waals surface area contributed by atoms with Crippen LogP contribution in [-0.2, 0) is 14.3 Å². The van der Waals surface area contributed by atoms with E-state index in [0.29, 0.717) is 12.4 Å². The number of Topliss-reactive ketones (excluding diaryl/α,β-unsaturated/α-hetero) is 1. The van der Waals surface area contributed by atoms with E-state index in [1.54, 1.807) is 0 Å². The molecule has 0 saturated carbocycles. The van der Waals surface area contributed by atoms with E-state index in [2.05, 4.69) is 5.32 Å². The first-order chi connectivity index (χ1) is 8.79. The summed E-state index contributed by atoms with van der Waals surface area (Å²) >= 11 is 1.95. The van der Waals surface area contributed by atoms with Crippen molar-refractivity contribution in [2.45, 2.75) is 30.9 Å². The van der Waals surface area contributed by atoms with Crippen LogP contribution in [0, 0.1) is 5.92 Å². The highest BCUT2D eigenvalue weighted by atomic mass is 32.2. The van der Waals surface area contributed by atoms with Crippen LogP contribution < -0.4 is 5.32 Å². The number of ketones is 1. The summed E-state index contributed by atoms with van der Waals surface area (Å²) in [6.07, 6.45) is 2.90. The van der Waals surface area contributed by atoms with Gasteiger partial charge in [0, 0.05) is 24.8 Å². The summed E-state index contributed by atoms with van der Waals surface area (Å²) in [5.74, 6) is 2.74. The molecule has 3 fully saturated rings. The predicted octanol–water partition coefficient (Wildman–Crippen LogP) is 0.846. The molecule has 0 amide bonds. The maximum absolute atomic E-state index is 12.5. The number of nitrogens with one attached hydrogen (secondary N) is 1. The number of hydrogen-bond acceptors (Lipinski definition) is 5. The molecule has 3 rings (SSSR count). The molecule has 0 aromatic carbocycles. The van der Waals surface area contributed by atoms with Crippen LogP contribution in [0.1, 0.15) is 19.3 Å². The van der Waals surface area contributed by atoms with Crippen molar-refractivity contribution in [3.8, 4) is 0 Å². The number of rotatable bonds is 2. The van der Waals surface area contributed by atoms with Gasteiger partial charge in [-0.15, -0.1) is 0 Å². The summed E-state index contributed by atoms with van der Waals surface area (Å²) in [7, 11) is 0. The molecule has 18 heavy (non-hydrogen) atoms. The number of hydrogen-bond donors (Lipinski definition) is 1. The van der Waals surface area contributed by atoms with Crippen molar-refractivity contribution < 1.29 is 14.3 Å². The molecule has 5 heteroatoms. The molecule has 1 N–H and O–H groups in total. The summed E-state index contributed by atoms with van der Waals surface area (Å²) in [6, 6.07) is -0.0899. The summed E-state index contributed by atoms with van der Waals surface area (Å²) in [6.45, 7) is 2.79. The second-order valence-corrected chi connectivity index (χ2v) is 6.61. The van der Waals surface area contributed by atoms with Gasteiger partial charge in [-0.05, 0) is 25.0 Å². The van der Waals surface area contributed by atoms with Gasteiger partial charge in [-0.2, -0.15) is 11.8 Å². The molecule has 3 aliphatic rings. The van der Waals surface area contributed by atoms with Gasteiger partial charge >= 0.3 is 0 Å². The maximum Gasteiger partial charge on any atom is 0.155 e. The largest absolute Gasteiger partial charge is 0.378 e. The van der Waals surface area contributed by atoms with Crippen LogP contribution in [0.15, 0.2) is 0 Å². The second kappa shape index (κ2) is 5.49. The quantitative estimate of drug-likeness (QED) is 0.807. The van der Waals surface area contributed by atoms with Gasteiger partial charge in [0.2, 0.25) is 0 Å². The Balaban J connectivity index is 1.62. The fourth-order valence-corrected chi connectivity index (χ4v) is 4.54. The van der Waals surface area contributed by atoms with Crippen molar-refractivity contribution in [2.24, 2.45) is 5.92 Å². The van der Waals surface area contributed by atoms with Gasteiger partial charge < -0.3 is 14.8 Å². The third-order valence-corrected chi connectivity index (χ3v) is 5.45. The van der Waals surface area contributed by atoms with Crippen LogP contribution in [0.3, 0.4) is 0 Å². The van der Waals surface area contributed by atoms with Crippen LogP contribution in [0.4, 0.5) is 0 Å². The Bertz CT molecular complexity index is 311. The molecule has 102 valence electrons. The van der Waals surface area contributed by atoms with Crippen molar-refractivity contribution in [2.75, 3.05) is 37.9 Å². The molecule has 0 aromatic heterocycles. The van der Waals surface area contributed by atoms with Gasteiger partial charge in [-0.1, -0.05) is 0 Å². The number of carbonyl (C=O) groups is 1. The van der Waals surface area contributed by atoms with E-state index in [0.717, 1.165) is 44.8 Å². The van der Waals surface area contributed by atoms with Gasteiger partial charge in [0.15, 0.2) is 5.78 Å². The van der Waals surface area contributed by atoms with Crippen molar-refractivity contribution in [1.82, 2.24) is 5.32 Å². The highest BCUT2D eigenvalue weighted by Crippen LogP contribution is 2.40. The Labute approximate surface area is 112 Å². The molecule has 0 aromatic rings. The molecular weight excluding hydrogens is 250 g/mol. The van der Waals surface area contributed by atoms with Gasteiger partial charge in [0.05, 0.1) is 24.9 Å². The Hall–Kier alpha value is -0.100. The lowest BCUT2D eigenvalue weighted by Crippen LogP contribution is -2.51. The second-order valence-electron chi connectivity index (χ2n) is 5.51. The Morgan fingerprint density at radius 3 is 3.06 bits per heavy atom. The third kappa shape index (κ3) is 2.59. The van der Waals surface area contributed by atoms with Crippen molar-refractivity contribution in [3.05, 3.63) is 0 Å². The van der Waals surface area contributed by atoms with Crippen molar-refractivity contribution in [1.29, 1.82) is 0 Å². The molecule has 0 bridgehead atoms. The van der Waals surface area contributed by atoms with Gasteiger partial charge in [0.25, 0.3) is 0 Å². The summed E-state index contributed by atoms with van der Waals surface area (Å²) in [4.78, 5) is 12.5. The summed E-state index contributed by atoms with van der Waals surface area (Å²) in [5, 5.41) is 3.27. The molecule has 0 aliphatic carbocycles. The van der Waals surface area contributed by atoms with E-state index in [9.17, 15) is 4.79 Å². The molecule has 3 aliphatic heterocycles. The lowest BCUT2D eigenvalue weighted by atomic mass is 9.81. The topological polar surface area (TPSA) is 47.6 Å². The summed E-state index contributed by atoms with van der Waals surface area (Å²) in [5.41, 5.74) is -0.00122. The van der Waals surface area contributed by atoms with Crippen molar-refractivity contribution in [3.63, 3.8) is 0 Å². The Kier molecular flexibility index (Phi) is 3.94. The minimum absolute atomic E-state index is 0.00122. The zero-order valence-corrected chi connectivity index (χ0v) is 11.5. The maximum atomic E-state index is 12.5. The number of ether oxygens (including phenoxy) is 2. The van der Waals surface area contributed by atoms with Gasteiger partial charge in [-0.25, -0.2) is 0 Å².